The van der Waals surface area contributed by atoms with Crippen molar-refractivity contribution in [3.63, 3.8) is 0 Å². The molecule has 0 bridgehead atoms. The van der Waals surface area contributed by atoms with E-state index in [-0.39, 0.29) is 5.91 Å². The molecule has 2 aliphatic rings. The van der Waals surface area contributed by atoms with Crippen molar-refractivity contribution in [2.24, 2.45) is 17.8 Å². The zero-order valence-electron chi connectivity index (χ0n) is 12.4. The summed E-state index contributed by atoms with van der Waals surface area (Å²) in [5, 5.41) is 6.58. The molecular formula is C16H30N2O. The Kier molecular flexibility index (Phi) is 6.15. The van der Waals surface area contributed by atoms with Crippen LogP contribution >= 0.6 is 0 Å². The van der Waals surface area contributed by atoms with Crippen LogP contribution in [-0.2, 0) is 4.79 Å². The fourth-order valence-corrected chi connectivity index (χ4v) is 3.54. The van der Waals surface area contributed by atoms with Crippen molar-refractivity contribution < 1.29 is 4.79 Å². The lowest BCUT2D eigenvalue weighted by Crippen LogP contribution is -2.34. The van der Waals surface area contributed by atoms with Crippen LogP contribution in [-0.4, -0.2) is 25.5 Å². The summed E-state index contributed by atoms with van der Waals surface area (Å²) in [6.45, 7) is 5.50. The van der Waals surface area contributed by atoms with Gasteiger partial charge in [0.2, 0.25) is 5.91 Å². The smallest absolute Gasteiger partial charge is 0.220 e. The van der Waals surface area contributed by atoms with Gasteiger partial charge < -0.3 is 10.6 Å². The van der Waals surface area contributed by atoms with Crippen molar-refractivity contribution in [2.75, 3.05) is 19.6 Å². The second-order valence-electron chi connectivity index (χ2n) is 6.58. The second kappa shape index (κ2) is 7.88. The molecule has 1 amide bonds. The quantitative estimate of drug-likeness (QED) is 0.803. The monoisotopic (exact) mass is 266 g/mol. The first-order valence-corrected chi connectivity index (χ1v) is 8.23. The Morgan fingerprint density at radius 1 is 1.21 bits per heavy atom. The Balaban J connectivity index is 1.58. The molecule has 2 fully saturated rings. The fourth-order valence-electron chi connectivity index (χ4n) is 3.54. The van der Waals surface area contributed by atoms with Crippen LogP contribution in [0, 0.1) is 17.8 Å². The highest BCUT2D eigenvalue weighted by Gasteiger charge is 2.21. The van der Waals surface area contributed by atoms with Crippen LogP contribution in [0.1, 0.15) is 58.3 Å². The molecular weight excluding hydrogens is 236 g/mol. The molecule has 2 rings (SSSR count). The highest BCUT2D eigenvalue weighted by atomic mass is 16.1. The summed E-state index contributed by atoms with van der Waals surface area (Å²) < 4.78 is 0. The molecule has 0 radical (unpaired) electrons. The lowest BCUT2D eigenvalue weighted by Gasteiger charge is -2.29. The zero-order chi connectivity index (χ0) is 13.5. The van der Waals surface area contributed by atoms with Crippen LogP contribution in [0.5, 0.6) is 0 Å². The summed E-state index contributed by atoms with van der Waals surface area (Å²) >= 11 is 0. The minimum absolute atomic E-state index is 0.267. The summed E-state index contributed by atoms with van der Waals surface area (Å²) in [7, 11) is 0. The number of rotatable bonds is 5. The van der Waals surface area contributed by atoms with E-state index in [1.807, 2.05) is 0 Å². The third-order valence-electron chi connectivity index (χ3n) is 5.03. The average Bonchev–Trinajstić information content (AvgIpc) is 2.45. The maximum absolute atomic E-state index is 11.9. The van der Waals surface area contributed by atoms with Gasteiger partial charge in [-0.15, -0.1) is 0 Å². The molecule has 0 aromatic heterocycles. The summed E-state index contributed by atoms with van der Waals surface area (Å²) in [4.78, 5) is 11.9. The average molecular weight is 266 g/mol. The van der Waals surface area contributed by atoms with Gasteiger partial charge in [0, 0.05) is 13.0 Å². The van der Waals surface area contributed by atoms with Gasteiger partial charge in [-0.3, -0.25) is 4.79 Å². The lowest BCUT2D eigenvalue weighted by atomic mass is 9.80. The molecule has 110 valence electrons. The van der Waals surface area contributed by atoms with E-state index in [0.717, 1.165) is 32.0 Å². The molecule has 3 nitrogen and oxygen atoms in total. The van der Waals surface area contributed by atoms with Crippen LogP contribution in [0.3, 0.4) is 0 Å². The Morgan fingerprint density at radius 2 is 2.05 bits per heavy atom. The first-order valence-electron chi connectivity index (χ1n) is 8.23. The van der Waals surface area contributed by atoms with Gasteiger partial charge in [0.25, 0.3) is 0 Å². The van der Waals surface area contributed by atoms with E-state index in [1.165, 1.54) is 38.5 Å². The van der Waals surface area contributed by atoms with Gasteiger partial charge in [0.1, 0.15) is 0 Å². The number of amides is 1. The van der Waals surface area contributed by atoms with Gasteiger partial charge in [0.15, 0.2) is 0 Å². The van der Waals surface area contributed by atoms with Gasteiger partial charge in [0.05, 0.1) is 0 Å². The minimum atomic E-state index is 0.267. The summed E-state index contributed by atoms with van der Waals surface area (Å²) in [5.74, 6) is 2.49. The Hall–Kier alpha value is -0.570. The lowest BCUT2D eigenvalue weighted by molar-refractivity contribution is -0.121. The first-order chi connectivity index (χ1) is 9.25. The van der Waals surface area contributed by atoms with Crippen molar-refractivity contribution in [1.29, 1.82) is 0 Å². The van der Waals surface area contributed by atoms with Crippen molar-refractivity contribution in [2.45, 2.75) is 58.3 Å². The molecule has 19 heavy (non-hydrogen) atoms. The molecule has 3 heteroatoms. The molecule has 1 aliphatic carbocycles. The van der Waals surface area contributed by atoms with E-state index < -0.39 is 0 Å². The van der Waals surface area contributed by atoms with Gasteiger partial charge >= 0.3 is 0 Å². The molecule has 1 saturated carbocycles. The van der Waals surface area contributed by atoms with Gasteiger partial charge in [-0.05, 0) is 56.5 Å². The zero-order valence-corrected chi connectivity index (χ0v) is 12.4. The Labute approximate surface area is 117 Å². The Morgan fingerprint density at radius 3 is 2.79 bits per heavy atom. The van der Waals surface area contributed by atoms with E-state index in [9.17, 15) is 4.79 Å². The normalized spacial score (nSPS) is 31.9. The van der Waals surface area contributed by atoms with Gasteiger partial charge in [-0.2, -0.15) is 0 Å². The second-order valence-corrected chi connectivity index (χ2v) is 6.58. The highest BCUT2D eigenvalue weighted by Crippen LogP contribution is 2.28. The predicted octanol–water partition coefficient (Wildman–Crippen LogP) is 2.71. The molecule has 1 saturated heterocycles. The molecule has 1 heterocycles. The summed E-state index contributed by atoms with van der Waals surface area (Å²) in [6, 6.07) is 0. The minimum Gasteiger partial charge on any atom is -0.356 e. The van der Waals surface area contributed by atoms with Gasteiger partial charge in [-0.1, -0.05) is 26.2 Å². The van der Waals surface area contributed by atoms with Crippen LogP contribution in [0.4, 0.5) is 0 Å². The third kappa shape index (κ3) is 5.13. The van der Waals surface area contributed by atoms with Crippen LogP contribution in [0.2, 0.25) is 0 Å². The maximum atomic E-state index is 11.9. The Bertz CT molecular complexity index is 274. The van der Waals surface area contributed by atoms with Crippen molar-refractivity contribution in [3.05, 3.63) is 0 Å². The number of piperidine rings is 1. The topological polar surface area (TPSA) is 41.1 Å². The number of carbonyl (C=O) groups excluding carboxylic acids is 1. The van der Waals surface area contributed by atoms with E-state index in [1.54, 1.807) is 0 Å². The number of carbonyl (C=O) groups is 1. The molecule has 0 spiro atoms. The van der Waals surface area contributed by atoms with Crippen LogP contribution < -0.4 is 10.6 Å². The molecule has 3 unspecified atom stereocenters. The van der Waals surface area contributed by atoms with E-state index in [4.69, 9.17) is 0 Å². The SMILES string of the molecule is CC1CCCCC1CNC(=O)CCC1CCCNC1. The highest BCUT2D eigenvalue weighted by molar-refractivity contribution is 5.75. The largest absolute Gasteiger partial charge is 0.356 e. The third-order valence-corrected chi connectivity index (χ3v) is 5.03. The first kappa shape index (κ1) is 14.8. The molecule has 2 N–H and O–H groups in total. The molecule has 3 atom stereocenters. The van der Waals surface area contributed by atoms with Crippen molar-refractivity contribution in [1.82, 2.24) is 10.6 Å². The van der Waals surface area contributed by atoms with Crippen molar-refractivity contribution in [3.8, 4) is 0 Å². The predicted molar refractivity (Wildman–Crippen MR) is 79.0 cm³/mol. The molecule has 0 aromatic carbocycles. The van der Waals surface area contributed by atoms with Crippen LogP contribution in [0.15, 0.2) is 0 Å². The number of nitrogens with one attached hydrogen (secondary N) is 2. The van der Waals surface area contributed by atoms with E-state index >= 15 is 0 Å². The summed E-state index contributed by atoms with van der Waals surface area (Å²) in [6.07, 6.45) is 9.69. The van der Waals surface area contributed by atoms with Gasteiger partial charge in [-0.25, -0.2) is 0 Å². The fraction of sp³-hybridized carbons (Fsp3) is 0.938. The van der Waals surface area contributed by atoms with E-state index in [0.29, 0.717) is 18.3 Å². The maximum Gasteiger partial charge on any atom is 0.220 e. The van der Waals surface area contributed by atoms with Crippen LogP contribution in [0.25, 0.3) is 0 Å². The number of hydrogen-bond donors (Lipinski definition) is 2. The number of hydrogen-bond acceptors (Lipinski definition) is 2. The van der Waals surface area contributed by atoms with Crippen molar-refractivity contribution >= 4 is 5.91 Å². The standard InChI is InChI=1S/C16H30N2O/c1-13-5-2-3-7-15(13)12-18-16(19)9-8-14-6-4-10-17-11-14/h13-15,17H,2-12H2,1H3,(H,18,19). The van der Waals surface area contributed by atoms with E-state index in [2.05, 4.69) is 17.6 Å². The molecule has 0 aromatic rings. The molecule has 1 aliphatic heterocycles. The summed E-state index contributed by atoms with van der Waals surface area (Å²) in [5.41, 5.74) is 0.